The Morgan fingerprint density at radius 1 is 0.880 bits per heavy atom. The highest BCUT2D eigenvalue weighted by molar-refractivity contribution is 8.01. The van der Waals surface area contributed by atoms with Crippen molar-refractivity contribution < 1.29 is 9.53 Å². The van der Waals surface area contributed by atoms with Gasteiger partial charge >= 0.3 is 5.97 Å². The molecule has 0 aromatic heterocycles. The van der Waals surface area contributed by atoms with Crippen molar-refractivity contribution in [1.29, 1.82) is 0 Å². The van der Waals surface area contributed by atoms with Gasteiger partial charge in [0.1, 0.15) is 6.10 Å². The molecule has 0 aromatic carbocycles. The highest BCUT2D eigenvalue weighted by Crippen LogP contribution is 2.21. The number of carbonyl (C=O) groups is 1. The van der Waals surface area contributed by atoms with Gasteiger partial charge in [0.25, 0.3) is 0 Å². The number of hydrogen-bond donors (Lipinski definition) is 0. The summed E-state index contributed by atoms with van der Waals surface area (Å²) in [6.45, 7) is 4.45. The van der Waals surface area contributed by atoms with Gasteiger partial charge in [-0.1, -0.05) is 26.7 Å². The molecule has 1 aliphatic rings. The smallest absolute Gasteiger partial charge is 0.306 e. The van der Waals surface area contributed by atoms with Crippen LogP contribution in [0.5, 0.6) is 0 Å². The van der Waals surface area contributed by atoms with E-state index in [0.29, 0.717) is 6.42 Å². The molecule has 1 heterocycles. The number of ether oxygens (including phenoxy) is 1. The Labute approximate surface area is 172 Å². The van der Waals surface area contributed by atoms with Gasteiger partial charge in [-0.15, -0.1) is 0 Å². The second-order valence-corrected chi connectivity index (χ2v) is 11.1. The van der Waals surface area contributed by atoms with E-state index in [1.807, 2.05) is 23.5 Å². The molecule has 0 amide bonds. The Morgan fingerprint density at radius 3 is 1.88 bits per heavy atom. The Hall–Kier alpha value is 0.870. The molecule has 0 atom stereocenters. The predicted octanol–water partition coefficient (Wildman–Crippen LogP) is 5.84. The average Bonchev–Trinajstić information content (AvgIpc) is 2.61. The molecule has 25 heavy (non-hydrogen) atoms. The van der Waals surface area contributed by atoms with Crippen LogP contribution in [0.3, 0.4) is 0 Å². The third-order valence-corrected chi connectivity index (χ3v) is 9.02. The lowest BCUT2D eigenvalue weighted by atomic mass is 10.2. The van der Waals surface area contributed by atoms with E-state index in [-0.39, 0.29) is 12.1 Å². The van der Waals surface area contributed by atoms with Crippen LogP contribution in [-0.2, 0) is 9.53 Å². The van der Waals surface area contributed by atoms with Gasteiger partial charge in [0.15, 0.2) is 0 Å². The first kappa shape index (κ1) is 23.9. The van der Waals surface area contributed by atoms with Crippen molar-refractivity contribution in [1.82, 2.24) is 0 Å². The predicted molar refractivity (Wildman–Crippen MR) is 122 cm³/mol. The first-order valence-corrected chi connectivity index (χ1v) is 14.4. The lowest BCUT2D eigenvalue weighted by Crippen LogP contribution is -2.23. The summed E-state index contributed by atoms with van der Waals surface area (Å²) >= 11 is 8.18. The van der Waals surface area contributed by atoms with Gasteiger partial charge in [-0.3, -0.25) is 4.79 Å². The first-order valence-electron chi connectivity index (χ1n) is 9.76. The van der Waals surface area contributed by atoms with E-state index in [1.54, 1.807) is 0 Å². The summed E-state index contributed by atoms with van der Waals surface area (Å²) in [5.41, 5.74) is 0. The molecule has 0 unspecified atom stereocenters. The second kappa shape index (κ2) is 17.0. The average molecular weight is 425 g/mol. The molecule has 0 bridgehead atoms. The molecule has 0 aliphatic carbocycles. The molecule has 6 heteroatoms. The molecule has 0 spiro atoms. The van der Waals surface area contributed by atoms with Crippen molar-refractivity contribution in [2.45, 2.75) is 58.5 Å². The summed E-state index contributed by atoms with van der Waals surface area (Å²) in [5, 5.41) is 0. The van der Waals surface area contributed by atoms with E-state index >= 15 is 0 Å². The van der Waals surface area contributed by atoms with Crippen LogP contribution in [0, 0.1) is 5.92 Å². The van der Waals surface area contributed by atoms with Crippen LogP contribution in [0.25, 0.3) is 0 Å². The van der Waals surface area contributed by atoms with Crippen molar-refractivity contribution in [3.8, 4) is 0 Å². The van der Waals surface area contributed by atoms with Gasteiger partial charge in [0.2, 0.25) is 0 Å². The van der Waals surface area contributed by atoms with Crippen molar-refractivity contribution in [3.63, 3.8) is 0 Å². The molecule has 1 rings (SSSR count). The monoisotopic (exact) mass is 424 g/mol. The maximum atomic E-state index is 11.9. The number of esters is 1. The van der Waals surface area contributed by atoms with Gasteiger partial charge in [0.05, 0.1) is 0 Å². The third-order valence-electron chi connectivity index (χ3n) is 4.08. The summed E-state index contributed by atoms with van der Waals surface area (Å²) in [7, 11) is 0. The van der Waals surface area contributed by atoms with Gasteiger partial charge in [-0.2, -0.15) is 47.0 Å². The summed E-state index contributed by atoms with van der Waals surface area (Å²) in [5.74, 6) is 10.4. The summed E-state index contributed by atoms with van der Waals surface area (Å²) in [6, 6.07) is 0. The van der Waals surface area contributed by atoms with E-state index in [0.717, 1.165) is 30.3 Å². The lowest BCUT2D eigenvalue weighted by Gasteiger charge is -2.18. The summed E-state index contributed by atoms with van der Waals surface area (Å²) in [6.07, 6.45) is 6.52. The Bertz CT molecular complexity index is 311. The van der Waals surface area contributed by atoms with E-state index in [2.05, 4.69) is 37.4 Å². The highest BCUT2D eigenvalue weighted by Gasteiger charge is 2.15. The zero-order valence-corrected chi connectivity index (χ0v) is 19.3. The fraction of sp³-hybridized carbons (Fsp3) is 0.947. The lowest BCUT2D eigenvalue weighted by molar-refractivity contribution is -0.147. The zero-order valence-electron chi connectivity index (χ0n) is 16.0. The number of hydrogen-bond acceptors (Lipinski definition) is 6. The Kier molecular flexibility index (Phi) is 16.3. The molecule has 1 fully saturated rings. The van der Waals surface area contributed by atoms with Crippen LogP contribution < -0.4 is 0 Å². The minimum absolute atomic E-state index is 0.000766. The van der Waals surface area contributed by atoms with Gasteiger partial charge in [-0.05, 0) is 59.7 Å². The molecular weight excluding hydrogens is 388 g/mol. The standard InChI is InChI=1S/C19H36O2S4/c1-3-5-8-19(20)21-18-15-24-11-6-9-22-13-17(4-2)14-23-10-7-12-25-16-18/h17-18H,3-16H2,1-2H3. The molecule has 148 valence electrons. The van der Waals surface area contributed by atoms with E-state index in [4.69, 9.17) is 4.74 Å². The highest BCUT2D eigenvalue weighted by atomic mass is 32.2. The van der Waals surface area contributed by atoms with Crippen LogP contribution in [0.15, 0.2) is 0 Å². The molecule has 0 radical (unpaired) electrons. The van der Waals surface area contributed by atoms with E-state index in [9.17, 15) is 4.79 Å². The first-order chi connectivity index (χ1) is 12.3. The molecule has 0 N–H and O–H groups in total. The fourth-order valence-electron chi connectivity index (χ4n) is 2.42. The molecular formula is C19H36O2S4. The van der Waals surface area contributed by atoms with Crippen LogP contribution in [0.4, 0.5) is 0 Å². The number of carbonyl (C=O) groups excluding carboxylic acids is 1. The molecule has 0 saturated carbocycles. The van der Waals surface area contributed by atoms with Crippen LogP contribution in [-0.4, -0.2) is 58.1 Å². The number of thioether (sulfide) groups is 4. The van der Waals surface area contributed by atoms with Crippen LogP contribution >= 0.6 is 47.0 Å². The number of rotatable bonds is 5. The molecule has 0 aromatic rings. The maximum absolute atomic E-state index is 11.9. The minimum Gasteiger partial charge on any atom is -0.461 e. The molecule has 2 nitrogen and oxygen atoms in total. The van der Waals surface area contributed by atoms with Gasteiger partial charge < -0.3 is 4.74 Å². The second-order valence-electron chi connectivity index (χ2n) is 6.50. The van der Waals surface area contributed by atoms with Crippen LogP contribution in [0.2, 0.25) is 0 Å². The van der Waals surface area contributed by atoms with Gasteiger partial charge in [-0.25, -0.2) is 0 Å². The summed E-state index contributed by atoms with van der Waals surface area (Å²) in [4.78, 5) is 11.9. The van der Waals surface area contributed by atoms with Gasteiger partial charge in [0, 0.05) is 17.9 Å². The van der Waals surface area contributed by atoms with Crippen molar-refractivity contribution in [3.05, 3.63) is 0 Å². The quantitative estimate of drug-likeness (QED) is 0.514. The fourth-order valence-corrected chi connectivity index (χ4v) is 7.42. The maximum Gasteiger partial charge on any atom is 0.306 e. The SMILES string of the molecule is CCCCC(=O)OC1CSCCCSCC(CC)CSCCCSC1. The van der Waals surface area contributed by atoms with Crippen molar-refractivity contribution >= 4 is 53.0 Å². The van der Waals surface area contributed by atoms with E-state index in [1.165, 1.54) is 53.8 Å². The topological polar surface area (TPSA) is 26.3 Å². The Morgan fingerprint density at radius 2 is 1.40 bits per heavy atom. The van der Waals surface area contributed by atoms with Crippen molar-refractivity contribution in [2.24, 2.45) is 5.92 Å². The van der Waals surface area contributed by atoms with Crippen LogP contribution in [0.1, 0.15) is 52.4 Å². The normalized spacial score (nSPS) is 25.4. The third kappa shape index (κ3) is 13.7. The minimum atomic E-state index is -0.000766. The summed E-state index contributed by atoms with van der Waals surface area (Å²) < 4.78 is 5.74. The van der Waals surface area contributed by atoms with E-state index < -0.39 is 0 Å². The largest absolute Gasteiger partial charge is 0.461 e. The number of unbranched alkanes of at least 4 members (excludes halogenated alkanes) is 1. The zero-order chi connectivity index (χ0) is 18.2. The molecule has 1 saturated heterocycles. The molecule has 1 aliphatic heterocycles. The van der Waals surface area contributed by atoms with Crippen molar-refractivity contribution in [2.75, 3.05) is 46.0 Å². The Balaban J connectivity index is 2.35.